The molecule has 0 spiro atoms. The summed E-state index contributed by atoms with van der Waals surface area (Å²) in [5, 5.41) is 11.2. The fraction of sp³-hybridized carbons (Fsp3) is 0.250. The number of aromatic nitrogens is 2. The number of halogens is 1. The topological polar surface area (TPSA) is 25.8 Å². The van der Waals surface area contributed by atoms with Crippen molar-refractivity contribution in [2.75, 3.05) is 0 Å². The second kappa shape index (κ2) is 4.74. The molecule has 0 N–H and O–H groups in total. The van der Waals surface area contributed by atoms with Crippen LogP contribution < -0.4 is 0 Å². The molecule has 2 nitrogen and oxygen atoms in total. The van der Waals surface area contributed by atoms with Crippen molar-refractivity contribution in [2.45, 2.75) is 17.0 Å². The summed E-state index contributed by atoms with van der Waals surface area (Å²) in [5.74, 6) is 0.957. The van der Waals surface area contributed by atoms with Gasteiger partial charge in [-0.3, -0.25) is 0 Å². The molecule has 0 bridgehead atoms. The van der Waals surface area contributed by atoms with E-state index in [1.807, 2.05) is 6.92 Å². The number of thioether (sulfide) groups is 1. The molecule has 74 valence electrons. The highest BCUT2D eigenvalue weighted by Crippen LogP contribution is 2.31. The van der Waals surface area contributed by atoms with Gasteiger partial charge in [0.05, 0.1) is 3.79 Å². The van der Waals surface area contributed by atoms with Crippen molar-refractivity contribution in [3.05, 3.63) is 25.8 Å². The highest BCUT2D eigenvalue weighted by atomic mass is 79.9. The number of nitrogens with zero attached hydrogens (tertiary/aromatic N) is 2. The number of aryl methyl sites for hydroxylation is 1. The maximum Gasteiger partial charge on any atom is 0.174 e. The lowest BCUT2D eigenvalue weighted by Crippen LogP contribution is -1.76. The smallest absolute Gasteiger partial charge is 0.143 e. The molecule has 6 heteroatoms. The summed E-state index contributed by atoms with van der Waals surface area (Å²) in [7, 11) is 0. The lowest BCUT2D eigenvalue weighted by atomic mass is 10.4. The summed E-state index contributed by atoms with van der Waals surface area (Å²) in [6.45, 7) is 1.97. The standard InChI is InChI=1S/C8H7BrN2S3/c1-5-10-11-8(14-5)13-4-6-2-3-12-7(6)9/h2-3H,4H2,1H3. The minimum atomic E-state index is 0.957. The molecule has 2 aromatic heterocycles. The van der Waals surface area contributed by atoms with E-state index >= 15 is 0 Å². The molecule has 0 saturated carbocycles. The minimum Gasteiger partial charge on any atom is -0.143 e. The second-order valence-electron chi connectivity index (χ2n) is 2.60. The van der Waals surface area contributed by atoms with Crippen LogP contribution in [0.2, 0.25) is 0 Å². The van der Waals surface area contributed by atoms with Gasteiger partial charge in [-0.05, 0) is 39.9 Å². The summed E-state index contributed by atoms with van der Waals surface area (Å²) < 4.78 is 2.26. The molecule has 0 saturated heterocycles. The molecule has 0 aromatic carbocycles. The Hall–Kier alpha value is 0.0900. The van der Waals surface area contributed by atoms with Crippen LogP contribution in [0.3, 0.4) is 0 Å². The second-order valence-corrected chi connectivity index (χ2v) is 7.23. The van der Waals surface area contributed by atoms with E-state index in [-0.39, 0.29) is 0 Å². The Morgan fingerprint density at radius 1 is 1.50 bits per heavy atom. The van der Waals surface area contributed by atoms with E-state index in [0.717, 1.165) is 15.1 Å². The third-order valence-corrected chi connectivity index (χ3v) is 5.38. The van der Waals surface area contributed by atoms with Crippen LogP contribution >= 0.6 is 50.4 Å². The fourth-order valence-corrected chi connectivity index (χ4v) is 4.22. The Kier molecular flexibility index (Phi) is 3.59. The van der Waals surface area contributed by atoms with Crippen molar-refractivity contribution in [3.8, 4) is 0 Å². The predicted octanol–water partition coefficient (Wildman–Crippen LogP) is 3.96. The Balaban J connectivity index is 1.98. The molecule has 0 aliphatic rings. The third-order valence-electron chi connectivity index (χ3n) is 1.55. The summed E-state index contributed by atoms with van der Waals surface area (Å²) in [6, 6.07) is 2.13. The van der Waals surface area contributed by atoms with Crippen LogP contribution in [0.25, 0.3) is 0 Å². The Labute approximate surface area is 103 Å². The molecule has 0 aliphatic carbocycles. The molecule has 0 unspecified atom stereocenters. The van der Waals surface area contributed by atoms with E-state index in [1.165, 1.54) is 9.35 Å². The van der Waals surface area contributed by atoms with Crippen molar-refractivity contribution >= 4 is 50.4 Å². The van der Waals surface area contributed by atoms with Gasteiger partial charge in [0.2, 0.25) is 0 Å². The van der Waals surface area contributed by atoms with Crippen LogP contribution in [0.15, 0.2) is 19.6 Å². The van der Waals surface area contributed by atoms with Crippen molar-refractivity contribution in [2.24, 2.45) is 0 Å². The Bertz CT molecular complexity index is 424. The van der Waals surface area contributed by atoms with Gasteiger partial charge in [-0.25, -0.2) is 0 Å². The molecule has 2 aromatic rings. The summed E-state index contributed by atoms with van der Waals surface area (Å²) in [4.78, 5) is 0. The quantitative estimate of drug-likeness (QED) is 0.803. The van der Waals surface area contributed by atoms with Gasteiger partial charge in [-0.2, -0.15) is 0 Å². The monoisotopic (exact) mass is 306 g/mol. The van der Waals surface area contributed by atoms with E-state index in [2.05, 4.69) is 37.6 Å². The number of hydrogen-bond acceptors (Lipinski definition) is 5. The molecular formula is C8H7BrN2S3. The molecule has 0 atom stereocenters. The van der Waals surface area contributed by atoms with Gasteiger partial charge in [-0.1, -0.05) is 23.1 Å². The zero-order chi connectivity index (χ0) is 9.97. The molecule has 2 heterocycles. The summed E-state index contributed by atoms with van der Waals surface area (Å²) in [5.41, 5.74) is 1.33. The average Bonchev–Trinajstić information content (AvgIpc) is 2.72. The normalized spacial score (nSPS) is 10.7. The molecule has 0 radical (unpaired) electrons. The lowest BCUT2D eigenvalue weighted by molar-refractivity contribution is 0.983. The van der Waals surface area contributed by atoms with Crippen LogP contribution in [0, 0.1) is 6.92 Å². The van der Waals surface area contributed by atoms with Gasteiger partial charge in [0.15, 0.2) is 4.34 Å². The largest absolute Gasteiger partial charge is 0.174 e. The van der Waals surface area contributed by atoms with Gasteiger partial charge in [0, 0.05) is 5.75 Å². The average molecular weight is 307 g/mol. The Morgan fingerprint density at radius 3 is 2.93 bits per heavy atom. The molecular weight excluding hydrogens is 300 g/mol. The SMILES string of the molecule is Cc1nnc(SCc2ccsc2Br)s1. The van der Waals surface area contributed by atoms with E-state index in [9.17, 15) is 0 Å². The lowest BCUT2D eigenvalue weighted by Gasteiger charge is -1.94. The summed E-state index contributed by atoms with van der Waals surface area (Å²) in [6.07, 6.45) is 0. The molecule has 14 heavy (non-hydrogen) atoms. The number of rotatable bonds is 3. The highest BCUT2D eigenvalue weighted by Gasteiger charge is 2.05. The zero-order valence-electron chi connectivity index (χ0n) is 7.36. The van der Waals surface area contributed by atoms with Crippen LogP contribution in [-0.2, 0) is 5.75 Å². The Morgan fingerprint density at radius 2 is 2.36 bits per heavy atom. The predicted molar refractivity (Wildman–Crippen MR) is 66.2 cm³/mol. The van der Waals surface area contributed by atoms with Gasteiger partial charge in [0.25, 0.3) is 0 Å². The van der Waals surface area contributed by atoms with Crippen LogP contribution in [0.1, 0.15) is 10.6 Å². The van der Waals surface area contributed by atoms with Crippen molar-refractivity contribution in [3.63, 3.8) is 0 Å². The minimum absolute atomic E-state index is 0.957. The fourth-order valence-electron chi connectivity index (χ4n) is 0.898. The van der Waals surface area contributed by atoms with E-state index in [1.54, 1.807) is 34.4 Å². The van der Waals surface area contributed by atoms with Gasteiger partial charge in [-0.15, -0.1) is 21.5 Å². The zero-order valence-corrected chi connectivity index (χ0v) is 11.4. The highest BCUT2D eigenvalue weighted by molar-refractivity contribution is 9.11. The van der Waals surface area contributed by atoms with Crippen molar-refractivity contribution in [1.82, 2.24) is 10.2 Å². The first kappa shape index (κ1) is 10.6. The van der Waals surface area contributed by atoms with Crippen LogP contribution in [0.4, 0.5) is 0 Å². The molecule has 0 fully saturated rings. The van der Waals surface area contributed by atoms with Crippen molar-refractivity contribution in [1.29, 1.82) is 0 Å². The van der Waals surface area contributed by atoms with Gasteiger partial charge in [0.1, 0.15) is 5.01 Å². The van der Waals surface area contributed by atoms with Crippen LogP contribution in [-0.4, -0.2) is 10.2 Å². The van der Waals surface area contributed by atoms with Gasteiger partial charge >= 0.3 is 0 Å². The maximum absolute atomic E-state index is 4.06. The van der Waals surface area contributed by atoms with Crippen LogP contribution in [0.5, 0.6) is 0 Å². The van der Waals surface area contributed by atoms with Gasteiger partial charge < -0.3 is 0 Å². The third kappa shape index (κ3) is 2.56. The molecule has 2 rings (SSSR count). The first-order valence-corrected chi connectivity index (χ1v) is 7.38. The van der Waals surface area contributed by atoms with E-state index in [0.29, 0.717) is 0 Å². The maximum atomic E-state index is 4.06. The molecule has 0 aliphatic heterocycles. The first-order valence-electron chi connectivity index (χ1n) is 3.90. The first-order chi connectivity index (χ1) is 6.75. The number of hydrogen-bond donors (Lipinski definition) is 0. The van der Waals surface area contributed by atoms with E-state index < -0.39 is 0 Å². The number of thiophene rings is 1. The van der Waals surface area contributed by atoms with E-state index in [4.69, 9.17) is 0 Å². The molecule has 0 amide bonds. The van der Waals surface area contributed by atoms with Crippen molar-refractivity contribution < 1.29 is 0 Å². The summed E-state index contributed by atoms with van der Waals surface area (Å²) >= 11 is 8.61.